The number of benzene rings is 1. The minimum absolute atomic E-state index is 0.0684. The van der Waals surface area contributed by atoms with Gasteiger partial charge in [-0.2, -0.15) is 0 Å². The minimum atomic E-state index is -3.06. The molecule has 0 bridgehead atoms. The normalized spacial score (nSPS) is 21.8. The van der Waals surface area contributed by atoms with Crippen molar-refractivity contribution in [3.05, 3.63) is 34.1 Å². The predicted molar refractivity (Wildman–Crippen MR) is 68.6 cm³/mol. The Bertz CT molecular complexity index is 588. The molecule has 0 aliphatic carbocycles. The Hall–Kier alpha value is -0.950. The van der Waals surface area contributed by atoms with Crippen molar-refractivity contribution >= 4 is 31.7 Å². The quantitative estimate of drug-likeness (QED) is 0.890. The van der Waals surface area contributed by atoms with Gasteiger partial charge in [-0.1, -0.05) is 15.9 Å². The van der Waals surface area contributed by atoms with E-state index in [9.17, 15) is 17.6 Å². The summed E-state index contributed by atoms with van der Waals surface area (Å²) in [7, 11) is -3.06. The summed E-state index contributed by atoms with van der Waals surface area (Å²) in [6, 6.07) is 3.62. The molecule has 1 heterocycles. The number of carbonyl (C=O) groups excluding carboxylic acids is 1. The molecule has 1 aromatic rings. The van der Waals surface area contributed by atoms with Crippen LogP contribution in [0.5, 0.6) is 0 Å². The second kappa shape index (κ2) is 4.97. The Kier molecular flexibility index (Phi) is 3.72. The summed E-state index contributed by atoms with van der Waals surface area (Å²) in [5.41, 5.74) is -0.0892. The highest BCUT2D eigenvalue weighted by atomic mass is 79.9. The molecule has 1 unspecified atom stereocenters. The molecule has 1 aliphatic rings. The third-order valence-electron chi connectivity index (χ3n) is 2.74. The lowest BCUT2D eigenvalue weighted by Crippen LogP contribution is -2.36. The minimum Gasteiger partial charge on any atom is -0.348 e. The smallest absolute Gasteiger partial charge is 0.254 e. The largest absolute Gasteiger partial charge is 0.348 e. The number of amides is 1. The molecule has 0 aromatic heterocycles. The molecule has 4 nitrogen and oxygen atoms in total. The number of sulfone groups is 1. The first-order valence-electron chi connectivity index (χ1n) is 5.34. The SMILES string of the molecule is O=C(NC1CCS(=O)(=O)C1)c1cc(Br)ccc1F. The summed E-state index contributed by atoms with van der Waals surface area (Å²) in [5.74, 6) is -1.22. The number of hydrogen-bond donors (Lipinski definition) is 1. The third-order valence-corrected chi connectivity index (χ3v) is 5.00. The van der Waals surface area contributed by atoms with Gasteiger partial charge in [0.25, 0.3) is 5.91 Å². The molecule has 1 aliphatic heterocycles. The summed E-state index contributed by atoms with van der Waals surface area (Å²) in [4.78, 5) is 11.8. The first kappa shape index (κ1) is 13.5. The molecule has 2 rings (SSSR count). The maximum Gasteiger partial charge on any atom is 0.254 e. The number of carbonyl (C=O) groups is 1. The van der Waals surface area contributed by atoms with Crippen LogP contribution >= 0.6 is 15.9 Å². The molecule has 1 saturated heterocycles. The summed E-state index contributed by atoms with van der Waals surface area (Å²) >= 11 is 3.15. The van der Waals surface area contributed by atoms with E-state index >= 15 is 0 Å². The lowest BCUT2D eigenvalue weighted by atomic mass is 10.1. The average molecular weight is 336 g/mol. The molecule has 1 fully saturated rings. The second-order valence-corrected chi connectivity index (χ2v) is 7.34. The van der Waals surface area contributed by atoms with Crippen molar-refractivity contribution in [2.75, 3.05) is 11.5 Å². The molecule has 7 heteroatoms. The fraction of sp³-hybridized carbons (Fsp3) is 0.364. The fourth-order valence-corrected chi connectivity index (χ4v) is 3.88. The van der Waals surface area contributed by atoms with Crippen LogP contribution in [0.3, 0.4) is 0 Å². The molecule has 0 saturated carbocycles. The first-order valence-corrected chi connectivity index (χ1v) is 7.95. The number of rotatable bonds is 2. The van der Waals surface area contributed by atoms with E-state index in [2.05, 4.69) is 21.2 Å². The molecule has 0 radical (unpaired) electrons. The predicted octanol–water partition coefficient (Wildman–Crippen LogP) is 1.51. The Labute approximate surface area is 113 Å². The van der Waals surface area contributed by atoms with Gasteiger partial charge in [0.05, 0.1) is 17.1 Å². The molecule has 0 spiro atoms. The van der Waals surface area contributed by atoms with Crippen LogP contribution in [0, 0.1) is 5.82 Å². The lowest BCUT2D eigenvalue weighted by Gasteiger charge is -2.11. The van der Waals surface area contributed by atoms with E-state index in [0.29, 0.717) is 10.9 Å². The van der Waals surface area contributed by atoms with Crippen LogP contribution in [-0.2, 0) is 9.84 Å². The molecule has 98 valence electrons. The maximum absolute atomic E-state index is 13.4. The van der Waals surface area contributed by atoms with Gasteiger partial charge in [0, 0.05) is 10.5 Å². The molecule has 1 aromatic carbocycles. The molecule has 1 atom stereocenters. The van der Waals surface area contributed by atoms with Crippen LogP contribution in [-0.4, -0.2) is 31.9 Å². The zero-order valence-corrected chi connectivity index (χ0v) is 11.7. The Morgan fingerprint density at radius 1 is 1.44 bits per heavy atom. The van der Waals surface area contributed by atoms with Crippen molar-refractivity contribution < 1.29 is 17.6 Å². The first-order chi connectivity index (χ1) is 8.37. The van der Waals surface area contributed by atoms with E-state index in [1.165, 1.54) is 18.2 Å². The van der Waals surface area contributed by atoms with Crippen LogP contribution in [0.15, 0.2) is 22.7 Å². The zero-order chi connectivity index (χ0) is 13.3. The lowest BCUT2D eigenvalue weighted by molar-refractivity contribution is 0.0937. The van der Waals surface area contributed by atoms with Crippen molar-refractivity contribution in [1.29, 1.82) is 0 Å². The van der Waals surface area contributed by atoms with E-state index < -0.39 is 27.6 Å². The van der Waals surface area contributed by atoms with E-state index in [0.717, 1.165) is 0 Å². The van der Waals surface area contributed by atoms with Crippen LogP contribution in [0.2, 0.25) is 0 Å². The molecular weight excluding hydrogens is 325 g/mol. The number of halogens is 2. The summed E-state index contributed by atoms with van der Waals surface area (Å²) in [5, 5.41) is 2.54. The summed E-state index contributed by atoms with van der Waals surface area (Å²) in [6.07, 6.45) is 0.379. The van der Waals surface area contributed by atoms with Gasteiger partial charge in [0.1, 0.15) is 5.82 Å². The maximum atomic E-state index is 13.4. The van der Waals surface area contributed by atoms with E-state index in [-0.39, 0.29) is 17.1 Å². The topological polar surface area (TPSA) is 63.2 Å². The van der Waals surface area contributed by atoms with Gasteiger partial charge in [-0.05, 0) is 24.6 Å². The van der Waals surface area contributed by atoms with Crippen LogP contribution in [0.1, 0.15) is 16.8 Å². The molecule has 18 heavy (non-hydrogen) atoms. The van der Waals surface area contributed by atoms with Gasteiger partial charge in [-0.25, -0.2) is 12.8 Å². The fourth-order valence-electron chi connectivity index (χ4n) is 1.84. The van der Waals surface area contributed by atoms with Gasteiger partial charge in [-0.15, -0.1) is 0 Å². The van der Waals surface area contributed by atoms with Crippen LogP contribution in [0.25, 0.3) is 0 Å². The van der Waals surface area contributed by atoms with Gasteiger partial charge in [0.2, 0.25) is 0 Å². The number of hydrogen-bond acceptors (Lipinski definition) is 3. The molecular formula is C11H11BrFNO3S. The Balaban J connectivity index is 2.11. The molecule has 1 amide bonds. The average Bonchev–Trinajstić information content (AvgIpc) is 2.61. The third kappa shape index (κ3) is 3.08. The van der Waals surface area contributed by atoms with Gasteiger partial charge < -0.3 is 5.32 Å². The van der Waals surface area contributed by atoms with Gasteiger partial charge in [-0.3, -0.25) is 4.79 Å². The van der Waals surface area contributed by atoms with E-state index in [1.807, 2.05) is 0 Å². The van der Waals surface area contributed by atoms with E-state index in [1.54, 1.807) is 0 Å². The number of nitrogens with one attached hydrogen (secondary N) is 1. The van der Waals surface area contributed by atoms with Crippen molar-refractivity contribution in [3.8, 4) is 0 Å². The van der Waals surface area contributed by atoms with Crippen molar-refractivity contribution in [1.82, 2.24) is 5.32 Å². The Morgan fingerprint density at radius 3 is 2.78 bits per heavy atom. The summed E-state index contributed by atoms with van der Waals surface area (Å²) < 4.78 is 36.5. The summed E-state index contributed by atoms with van der Waals surface area (Å²) in [6.45, 7) is 0. The Morgan fingerprint density at radius 2 is 2.17 bits per heavy atom. The highest BCUT2D eigenvalue weighted by molar-refractivity contribution is 9.10. The van der Waals surface area contributed by atoms with Crippen molar-refractivity contribution in [3.63, 3.8) is 0 Å². The second-order valence-electron chi connectivity index (χ2n) is 4.20. The molecule has 1 N–H and O–H groups in total. The highest BCUT2D eigenvalue weighted by Gasteiger charge is 2.29. The van der Waals surface area contributed by atoms with Crippen molar-refractivity contribution in [2.45, 2.75) is 12.5 Å². The zero-order valence-electron chi connectivity index (χ0n) is 9.32. The van der Waals surface area contributed by atoms with Gasteiger partial charge >= 0.3 is 0 Å². The highest BCUT2D eigenvalue weighted by Crippen LogP contribution is 2.17. The monoisotopic (exact) mass is 335 g/mol. The van der Waals surface area contributed by atoms with Crippen LogP contribution < -0.4 is 5.32 Å². The van der Waals surface area contributed by atoms with Crippen molar-refractivity contribution in [2.24, 2.45) is 0 Å². The van der Waals surface area contributed by atoms with E-state index in [4.69, 9.17) is 0 Å². The van der Waals surface area contributed by atoms with Gasteiger partial charge in [0.15, 0.2) is 9.84 Å². The standard InChI is InChI=1S/C11H11BrFNO3S/c12-7-1-2-10(13)9(5-7)11(15)14-8-3-4-18(16,17)6-8/h1-2,5,8H,3-4,6H2,(H,14,15). The van der Waals surface area contributed by atoms with Crippen LogP contribution in [0.4, 0.5) is 4.39 Å².